The van der Waals surface area contributed by atoms with Crippen LogP contribution in [0.5, 0.6) is 0 Å². The fourth-order valence-corrected chi connectivity index (χ4v) is 1.52. The Morgan fingerprint density at radius 2 is 2.18 bits per heavy atom. The summed E-state index contributed by atoms with van der Waals surface area (Å²) in [4.78, 5) is 21.8. The van der Waals surface area contributed by atoms with Gasteiger partial charge in [-0.15, -0.1) is 0 Å². The molecule has 1 aliphatic rings. The van der Waals surface area contributed by atoms with Gasteiger partial charge in [-0.2, -0.15) is 0 Å². The second-order valence-corrected chi connectivity index (χ2v) is 3.91. The van der Waals surface area contributed by atoms with Gasteiger partial charge in [0.1, 0.15) is 6.61 Å². The minimum Gasteiger partial charge on any atom is -0.479 e. The van der Waals surface area contributed by atoms with Crippen LogP contribution in [0.15, 0.2) is 24.3 Å². The van der Waals surface area contributed by atoms with Gasteiger partial charge in [-0.05, 0) is 12.5 Å². The number of hydrogen-bond donors (Lipinski definition) is 1. The highest BCUT2D eigenvalue weighted by Crippen LogP contribution is 2.23. The first-order valence-corrected chi connectivity index (χ1v) is 5.18. The average molecular weight is 236 g/mol. The van der Waals surface area contributed by atoms with E-state index in [0.29, 0.717) is 0 Å². The van der Waals surface area contributed by atoms with Crippen molar-refractivity contribution in [3.63, 3.8) is 0 Å². The normalized spacial score (nSPS) is 21.9. The summed E-state index contributed by atoms with van der Waals surface area (Å²) in [5, 5.41) is 8.56. The summed E-state index contributed by atoms with van der Waals surface area (Å²) >= 11 is 0. The first-order chi connectivity index (χ1) is 8.08. The zero-order chi connectivity index (χ0) is 12.4. The molecule has 1 saturated heterocycles. The maximum absolute atomic E-state index is 11.4. The molecular formula is C12H12O5. The zero-order valence-corrected chi connectivity index (χ0v) is 9.25. The number of carboxylic acid groups (broad SMARTS) is 1. The predicted octanol–water partition coefficient (Wildman–Crippen LogP) is 0.890. The predicted molar refractivity (Wildman–Crippen MR) is 57.3 cm³/mol. The van der Waals surface area contributed by atoms with Crippen molar-refractivity contribution in [2.45, 2.75) is 25.7 Å². The highest BCUT2D eigenvalue weighted by Gasteiger charge is 2.51. The zero-order valence-electron chi connectivity index (χ0n) is 9.25. The molecule has 1 heterocycles. The van der Waals surface area contributed by atoms with E-state index in [9.17, 15) is 9.59 Å². The van der Waals surface area contributed by atoms with Crippen molar-refractivity contribution in [3.05, 3.63) is 35.4 Å². The van der Waals surface area contributed by atoms with Crippen molar-refractivity contribution in [1.82, 2.24) is 0 Å². The topological polar surface area (TPSA) is 76.1 Å². The number of ether oxygens (including phenoxy) is 2. The Hall–Kier alpha value is -1.88. The SMILES string of the molecule is Cc1cccc(COC(=O)C2OC2C(=O)O)c1. The van der Waals surface area contributed by atoms with Gasteiger partial charge in [0.05, 0.1) is 0 Å². The lowest BCUT2D eigenvalue weighted by Crippen LogP contribution is -2.18. The van der Waals surface area contributed by atoms with Crippen LogP contribution in [0.3, 0.4) is 0 Å². The number of carbonyl (C=O) groups excluding carboxylic acids is 1. The van der Waals surface area contributed by atoms with E-state index in [1.165, 1.54) is 0 Å². The van der Waals surface area contributed by atoms with Gasteiger partial charge < -0.3 is 14.6 Å². The van der Waals surface area contributed by atoms with Crippen LogP contribution in [0.4, 0.5) is 0 Å². The molecule has 0 saturated carbocycles. The molecule has 1 fully saturated rings. The largest absolute Gasteiger partial charge is 0.479 e. The third-order valence-electron chi connectivity index (χ3n) is 2.43. The molecule has 0 amide bonds. The lowest BCUT2D eigenvalue weighted by molar-refractivity contribution is -0.147. The van der Waals surface area contributed by atoms with Crippen LogP contribution in [0.1, 0.15) is 11.1 Å². The maximum Gasteiger partial charge on any atom is 0.339 e. The van der Waals surface area contributed by atoms with E-state index in [4.69, 9.17) is 9.84 Å². The van der Waals surface area contributed by atoms with Crippen LogP contribution in [-0.4, -0.2) is 29.3 Å². The fraction of sp³-hybridized carbons (Fsp3) is 0.333. The molecule has 1 aromatic carbocycles. The van der Waals surface area contributed by atoms with Crippen molar-refractivity contribution >= 4 is 11.9 Å². The summed E-state index contributed by atoms with van der Waals surface area (Å²) in [5.41, 5.74) is 1.94. The van der Waals surface area contributed by atoms with Gasteiger partial charge in [-0.1, -0.05) is 29.8 Å². The molecule has 90 valence electrons. The molecule has 0 radical (unpaired) electrons. The van der Waals surface area contributed by atoms with Gasteiger partial charge in [-0.3, -0.25) is 0 Å². The van der Waals surface area contributed by atoms with E-state index in [1.807, 2.05) is 31.2 Å². The molecule has 5 heteroatoms. The Balaban J connectivity index is 1.83. The number of esters is 1. The quantitative estimate of drug-likeness (QED) is 0.620. The van der Waals surface area contributed by atoms with Gasteiger partial charge in [0.25, 0.3) is 0 Å². The van der Waals surface area contributed by atoms with Crippen LogP contribution in [0.2, 0.25) is 0 Å². The number of epoxide rings is 1. The van der Waals surface area contributed by atoms with Crippen molar-refractivity contribution in [2.75, 3.05) is 0 Å². The molecule has 2 rings (SSSR count). The van der Waals surface area contributed by atoms with Crippen molar-refractivity contribution < 1.29 is 24.2 Å². The number of benzene rings is 1. The standard InChI is InChI=1S/C12H12O5/c1-7-3-2-4-8(5-7)6-16-12(15)10-9(17-10)11(13)14/h2-5,9-10H,6H2,1H3,(H,13,14). The van der Waals surface area contributed by atoms with E-state index < -0.39 is 24.1 Å². The number of carboxylic acids is 1. The fourth-order valence-electron chi connectivity index (χ4n) is 1.52. The minimum absolute atomic E-state index is 0.132. The summed E-state index contributed by atoms with van der Waals surface area (Å²) in [6.45, 7) is 2.07. The molecule has 0 aromatic heterocycles. The van der Waals surface area contributed by atoms with Gasteiger partial charge in [-0.25, -0.2) is 9.59 Å². The Labute approximate surface area is 98.0 Å². The molecule has 0 bridgehead atoms. The van der Waals surface area contributed by atoms with Crippen molar-refractivity contribution in [2.24, 2.45) is 0 Å². The number of aliphatic carboxylic acids is 1. The average Bonchev–Trinajstić information content (AvgIpc) is 3.06. The van der Waals surface area contributed by atoms with Gasteiger partial charge in [0.2, 0.25) is 0 Å². The Morgan fingerprint density at radius 1 is 1.41 bits per heavy atom. The van der Waals surface area contributed by atoms with E-state index in [0.717, 1.165) is 11.1 Å². The smallest absolute Gasteiger partial charge is 0.339 e. The summed E-state index contributed by atoms with van der Waals surface area (Å²) in [6.07, 6.45) is -1.99. The third-order valence-corrected chi connectivity index (χ3v) is 2.43. The van der Waals surface area contributed by atoms with Gasteiger partial charge in [0, 0.05) is 0 Å². The maximum atomic E-state index is 11.4. The number of aryl methyl sites for hydroxylation is 1. The molecule has 1 aromatic rings. The van der Waals surface area contributed by atoms with Crippen LogP contribution in [0.25, 0.3) is 0 Å². The second kappa shape index (κ2) is 4.55. The summed E-state index contributed by atoms with van der Waals surface area (Å²) < 4.78 is 9.64. The lowest BCUT2D eigenvalue weighted by Gasteiger charge is -2.03. The van der Waals surface area contributed by atoms with E-state index in [1.54, 1.807) is 0 Å². The van der Waals surface area contributed by atoms with E-state index in [-0.39, 0.29) is 6.61 Å². The second-order valence-electron chi connectivity index (χ2n) is 3.91. The van der Waals surface area contributed by atoms with E-state index >= 15 is 0 Å². The minimum atomic E-state index is -1.14. The molecule has 2 atom stereocenters. The molecular weight excluding hydrogens is 224 g/mol. The van der Waals surface area contributed by atoms with Crippen LogP contribution in [0, 0.1) is 6.92 Å². The van der Waals surface area contributed by atoms with Crippen molar-refractivity contribution in [1.29, 1.82) is 0 Å². The molecule has 1 aliphatic heterocycles. The molecule has 1 N–H and O–H groups in total. The highest BCUT2D eigenvalue weighted by atomic mass is 16.7. The van der Waals surface area contributed by atoms with Crippen LogP contribution in [-0.2, 0) is 25.7 Å². The lowest BCUT2D eigenvalue weighted by atomic mass is 10.1. The third kappa shape index (κ3) is 2.82. The highest BCUT2D eigenvalue weighted by molar-refractivity contribution is 5.88. The first-order valence-electron chi connectivity index (χ1n) is 5.18. The molecule has 0 spiro atoms. The summed E-state index contributed by atoms with van der Waals surface area (Å²) in [5.74, 6) is -1.76. The summed E-state index contributed by atoms with van der Waals surface area (Å²) in [6, 6.07) is 7.54. The Kier molecular flexibility index (Phi) is 3.10. The number of carbonyl (C=O) groups is 2. The molecule has 5 nitrogen and oxygen atoms in total. The number of rotatable bonds is 4. The monoisotopic (exact) mass is 236 g/mol. The molecule has 0 aliphatic carbocycles. The Bertz CT molecular complexity index is 454. The number of hydrogen-bond acceptors (Lipinski definition) is 4. The van der Waals surface area contributed by atoms with Crippen LogP contribution < -0.4 is 0 Å². The van der Waals surface area contributed by atoms with Gasteiger partial charge in [0.15, 0.2) is 12.2 Å². The van der Waals surface area contributed by atoms with Gasteiger partial charge >= 0.3 is 11.9 Å². The summed E-state index contributed by atoms with van der Waals surface area (Å²) in [7, 11) is 0. The molecule has 2 unspecified atom stereocenters. The first kappa shape index (κ1) is 11.6. The molecule has 17 heavy (non-hydrogen) atoms. The Morgan fingerprint density at radius 3 is 2.76 bits per heavy atom. The van der Waals surface area contributed by atoms with E-state index in [2.05, 4.69) is 4.74 Å². The van der Waals surface area contributed by atoms with Crippen molar-refractivity contribution in [3.8, 4) is 0 Å². The van der Waals surface area contributed by atoms with Crippen LogP contribution >= 0.6 is 0 Å².